The lowest BCUT2D eigenvalue weighted by atomic mass is 10.2. The van der Waals surface area contributed by atoms with Crippen LogP contribution in [0.15, 0.2) is 0 Å². The summed E-state index contributed by atoms with van der Waals surface area (Å²) in [5.41, 5.74) is 0. The van der Waals surface area contributed by atoms with Crippen molar-refractivity contribution in [3.05, 3.63) is 9.47 Å². The van der Waals surface area contributed by atoms with E-state index in [4.69, 9.17) is 16.3 Å². The highest BCUT2D eigenvalue weighted by atomic mass is 35.5. The van der Waals surface area contributed by atoms with E-state index in [9.17, 15) is 4.79 Å². The predicted molar refractivity (Wildman–Crippen MR) is 58.3 cm³/mol. The van der Waals surface area contributed by atoms with Crippen LogP contribution in [0.1, 0.15) is 16.7 Å². The number of nitrogens with one attached hydrogen (secondary N) is 1. The number of methoxy groups -OCH3 is 1. The van der Waals surface area contributed by atoms with E-state index in [1.807, 2.05) is 6.92 Å². The summed E-state index contributed by atoms with van der Waals surface area (Å²) in [5, 5.41) is 10.2. The fourth-order valence-corrected chi connectivity index (χ4v) is 1.73. The summed E-state index contributed by atoms with van der Waals surface area (Å²) in [6, 6.07) is 0. The Morgan fingerprint density at radius 2 is 2.40 bits per heavy atom. The smallest absolute Gasteiger partial charge is 0.282 e. The minimum atomic E-state index is -0.248. The highest BCUT2D eigenvalue weighted by Gasteiger charge is 2.12. The average molecular weight is 250 g/mol. The molecule has 0 saturated carbocycles. The van der Waals surface area contributed by atoms with Gasteiger partial charge in [-0.1, -0.05) is 18.3 Å². The lowest BCUT2D eigenvalue weighted by Crippen LogP contribution is -2.29. The van der Waals surface area contributed by atoms with Crippen molar-refractivity contribution in [3.8, 4) is 0 Å². The number of carbonyl (C=O) groups is 1. The molecule has 1 N–H and O–H groups in total. The zero-order valence-electron chi connectivity index (χ0n) is 8.49. The Bertz CT molecular complexity index is 331. The van der Waals surface area contributed by atoms with E-state index in [-0.39, 0.29) is 21.3 Å². The summed E-state index contributed by atoms with van der Waals surface area (Å²) in [4.78, 5) is 11.5. The van der Waals surface area contributed by atoms with Gasteiger partial charge in [-0.15, -0.1) is 10.2 Å². The molecule has 5 nitrogen and oxygen atoms in total. The van der Waals surface area contributed by atoms with Gasteiger partial charge in [0.2, 0.25) is 9.47 Å². The molecule has 0 radical (unpaired) electrons. The fraction of sp³-hybridized carbons (Fsp3) is 0.625. The van der Waals surface area contributed by atoms with Crippen molar-refractivity contribution in [3.63, 3.8) is 0 Å². The lowest BCUT2D eigenvalue weighted by Gasteiger charge is -2.09. The molecule has 0 aliphatic rings. The average Bonchev–Trinajstić information content (AvgIpc) is 2.62. The van der Waals surface area contributed by atoms with E-state index in [1.54, 1.807) is 7.11 Å². The van der Waals surface area contributed by atoms with Gasteiger partial charge in [0.05, 0.1) is 6.61 Å². The van der Waals surface area contributed by atoms with Gasteiger partial charge < -0.3 is 10.1 Å². The standard InChI is InChI=1S/C8H12ClN3O2S/c1-5(4-14-2)3-10-6(13)7-11-12-8(9)15-7/h5H,3-4H2,1-2H3,(H,10,13). The largest absolute Gasteiger partial charge is 0.384 e. The first-order valence-corrected chi connectivity index (χ1v) is 5.59. The molecule has 0 fully saturated rings. The Morgan fingerprint density at radius 3 is 2.93 bits per heavy atom. The number of hydrogen-bond acceptors (Lipinski definition) is 5. The SMILES string of the molecule is COCC(C)CNC(=O)c1nnc(Cl)s1. The second kappa shape index (κ2) is 5.99. The Kier molecular flexibility index (Phi) is 4.93. The molecule has 15 heavy (non-hydrogen) atoms. The summed E-state index contributed by atoms with van der Waals surface area (Å²) in [7, 11) is 1.63. The van der Waals surface area contributed by atoms with Gasteiger partial charge in [-0.2, -0.15) is 0 Å². The third-order valence-electron chi connectivity index (χ3n) is 1.66. The van der Waals surface area contributed by atoms with Crippen LogP contribution in [-0.2, 0) is 4.74 Å². The van der Waals surface area contributed by atoms with Crippen molar-refractivity contribution in [1.29, 1.82) is 0 Å². The van der Waals surface area contributed by atoms with E-state index < -0.39 is 0 Å². The molecular formula is C8H12ClN3O2S. The number of nitrogens with zero attached hydrogens (tertiary/aromatic N) is 2. The first-order chi connectivity index (χ1) is 7.13. The van der Waals surface area contributed by atoms with Gasteiger partial charge in [-0.3, -0.25) is 4.79 Å². The number of amides is 1. The van der Waals surface area contributed by atoms with Gasteiger partial charge in [-0.05, 0) is 17.5 Å². The van der Waals surface area contributed by atoms with Crippen LogP contribution in [0.3, 0.4) is 0 Å². The Hall–Kier alpha value is -0.720. The summed E-state index contributed by atoms with van der Waals surface area (Å²) >= 11 is 6.62. The van der Waals surface area contributed by atoms with Crippen LogP contribution in [0.5, 0.6) is 0 Å². The molecule has 0 spiro atoms. The fourth-order valence-electron chi connectivity index (χ4n) is 0.983. The molecule has 0 aromatic carbocycles. The highest BCUT2D eigenvalue weighted by molar-refractivity contribution is 7.17. The van der Waals surface area contributed by atoms with Gasteiger partial charge >= 0.3 is 0 Å². The summed E-state index contributed by atoms with van der Waals surface area (Å²) in [5.74, 6) is 0.0182. The molecular weight excluding hydrogens is 238 g/mol. The molecule has 1 heterocycles. The zero-order chi connectivity index (χ0) is 11.3. The van der Waals surface area contributed by atoms with Crippen molar-refractivity contribution in [2.75, 3.05) is 20.3 Å². The quantitative estimate of drug-likeness (QED) is 0.852. The molecule has 1 rings (SSSR count). The van der Waals surface area contributed by atoms with E-state index in [0.717, 1.165) is 11.3 Å². The molecule has 0 aliphatic heterocycles. The Morgan fingerprint density at radius 1 is 1.67 bits per heavy atom. The molecule has 1 atom stereocenters. The maximum Gasteiger partial charge on any atom is 0.282 e. The van der Waals surface area contributed by atoms with Gasteiger partial charge in [0.15, 0.2) is 0 Å². The monoisotopic (exact) mass is 249 g/mol. The normalized spacial score (nSPS) is 12.5. The van der Waals surface area contributed by atoms with Crippen molar-refractivity contribution in [1.82, 2.24) is 15.5 Å². The number of halogens is 1. The molecule has 1 unspecified atom stereocenters. The molecule has 84 valence electrons. The van der Waals surface area contributed by atoms with Gasteiger partial charge in [0, 0.05) is 13.7 Å². The zero-order valence-corrected chi connectivity index (χ0v) is 10.1. The van der Waals surface area contributed by atoms with Gasteiger partial charge in [0.1, 0.15) is 0 Å². The number of ether oxygens (including phenoxy) is 1. The van der Waals surface area contributed by atoms with E-state index in [2.05, 4.69) is 15.5 Å². The van der Waals surface area contributed by atoms with Crippen molar-refractivity contribution in [2.24, 2.45) is 5.92 Å². The number of carbonyl (C=O) groups excluding carboxylic acids is 1. The molecule has 1 aromatic rings. The van der Waals surface area contributed by atoms with E-state index in [1.165, 1.54) is 0 Å². The predicted octanol–water partition coefficient (Wildman–Crippen LogP) is 1.20. The Balaban J connectivity index is 2.36. The minimum Gasteiger partial charge on any atom is -0.384 e. The molecule has 1 aromatic heterocycles. The second-order valence-corrected chi connectivity index (χ2v) is 4.69. The minimum absolute atomic E-state index is 0.248. The molecule has 0 bridgehead atoms. The van der Waals surface area contributed by atoms with Gasteiger partial charge in [0.25, 0.3) is 5.91 Å². The third-order valence-corrected chi connectivity index (χ3v) is 2.67. The van der Waals surface area contributed by atoms with Crippen LogP contribution in [0.2, 0.25) is 4.47 Å². The van der Waals surface area contributed by atoms with E-state index >= 15 is 0 Å². The summed E-state index contributed by atoms with van der Waals surface area (Å²) in [6.07, 6.45) is 0. The first-order valence-electron chi connectivity index (χ1n) is 4.39. The number of rotatable bonds is 5. The lowest BCUT2D eigenvalue weighted by molar-refractivity contribution is 0.0933. The van der Waals surface area contributed by atoms with Crippen molar-refractivity contribution >= 4 is 28.8 Å². The van der Waals surface area contributed by atoms with Crippen molar-refractivity contribution in [2.45, 2.75) is 6.92 Å². The molecule has 7 heteroatoms. The first kappa shape index (κ1) is 12.4. The molecule has 1 amide bonds. The van der Waals surface area contributed by atoms with Crippen LogP contribution in [0, 0.1) is 5.92 Å². The topological polar surface area (TPSA) is 64.1 Å². The third kappa shape index (κ3) is 4.11. The van der Waals surface area contributed by atoms with Crippen LogP contribution in [0.25, 0.3) is 0 Å². The van der Waals surface area contributed by atoms with Crippen LogP contribution < -0.4 is 5.32 Å². The maximum atomic E-state index is 11.5. The van der Waals surface area contributed by atoms with Crippen LogP contribution >= 0.6 is 22.9 Å². The molecule has 0 aliphatic carbocycles. The molecule has 0 saturated heterocycles. The summed E-state index contributed by atoms with van der Waals surface area (Å²) < 4.78 is 5.22. The van der Waals surface area contributed by atoms with Crippen molar-refractivity contribution < 1.29 is 9.53 Å². The second-order valence-electron chi connectivity index (χ2n) is 3.13. The Labute approximate surface area is 96.8 Å². The van der Waals surface area contributed by atoms with Crippen LogP contribution in [-0.4, -0.2) is 36.4 Å². The van der Waals surface area contributed by atoms with Gasteiger partial charge in [-0.25, -0.2) is 0 Å². The highest BCUT2D eigenvalue weighted by Crippen LogP contribution is 2.14. The van der Waals surface area contributed by atoms with Crippen LogP contribution in [0.4, 0.5) is 0 Å². The number of aromatic nitrogens is 2. The maximum absolute atomic E-state index is 11.5. The van der Waals surface area contributed by atoms with E-state index in [0.29, 0.717) is 13.2 Å². The number of hydrogen-bond donors (Lipinski definition) is 1. The summed E-state index contributed by atoms with van der Waals surface area (Å²) in [6.45, 7) is 3.14.